The Labute approximate surface area is 130 Å². The van der Waals surface area contributed by atoms with E-state index in [1.54, 1.807) is 0 Å². The maximum atomic E-state index is 12.8. The van der Waals surface area contributed by atoms with Crippen LogP contribution in [0.5, 0.6) is 0 Å². The molecule has 21 heavy (non-hydrogen) atoms. The van der Waals surface area contributed by atoms with Crippen molar-refractivity contribution in [3.63, 3.8) is 0 Å². The lowest BCUT2D eigenvalue weighted by Gasteiger charge is -2.04. The number of halogens is 2. The van der Waals surface area contributed by atoms with Gasteiger partial charge in [0.05, 0.1) is 0 Å². The van der Waals surface area contributed by atoms with Gasteiger partial charge >= 0.3 is 0 Å². The van der Waals surface area contributed by atoms with Crippen molar-refractivity contribution in [2.75, 3.05) is 0 Å². The van der Waals surface area contributed by atoms with Crippen LogP contribution in [0.25, 0.3) is 10.9 Å². The molecule has 3 rings (SSSR count). The molecular formula is C17H18ClFN2. The third-order valence-electron chi connectivity index (χ3n) is 3.54. The molecule has 0 spiro atoms. The summed E-state index contributed by atoms with van der Waals surface area (Å²) in [6.07, 6.45) is 2.16. The van der Waals surface area contributed by atoms with Crippen LogP contribution in [-0.2, 0) is 20.1 Å². The van der Waals surface area contributed by atoms with Crippen LogP contribution in [0.2, 0.25) is 0 Å². The van der Waals surface area contributed by atoms with Gasteiger partial charge in [-0.2, -0.15) is 0 Å². The van der Waals surface area contributed by atoms with E-state index in [1.165, 1.54) is 28.6 Å². The van der Waals surface area contributed by atoms with Crippen LogP contribution in [0, 0.1) is 5.82 Å². The van der Waals surface area contributed by atoms with E-state index < -0.39 is 0 Å². The van der Waals surface area contributed by atoms with E-state index in [1.807, 2.05) is 12.1 Å². The minimum absolute atomic E-state index is 0. The number of para-hydroxylation sites is 1. The van der Waals surface area contributed by atoms with Gasteiger partial charge in [0.15, 0.2) is 0 Å². The van der Waals surface area contributed by atoms with Gasteiger partial charge in [-0.1, -0.05) is 30.3 Å². The van der Waals surface area contributed by atoms with Gasteiger partial charge in [-0.15, -0.1) is 12.4 Å². The predicted molar refractivity (Wildman–Crippen MR) is 87.1 cm³/mol. The number of fused-ring (bicyclic) bond motifs is 1. The zero-order valence-electron chi connectivity index (χ0n) is 11.8. The van der Waals surface area contributed by atoms with Crippen LogP contribution >= 0.6 is 12.4 Å². The number of aryl methyl sites for hydroxylation is 1. The molecule has 4 heteroatoms. The normalized spacial score (nSPS) is 10.6. The summed E-state index contributed by atoms with van der Waals surface area (Å²) in [6.45, 7) is 1.54. The fourth-order valence-corrected chi connectivity index (χ4v) is 2.51. The lowest BCUT2D eigenvalue weighted by Crippen LogP contribution is -2.12. The second-order valence-electron chi connectivity index (χ2n) is 5.01. The summed E-state index contributed by atoms with van der Waals surface area (Å²) < 4.78 is 15.0. The maximum absolute atomic E-state index is 12.8. The van der Waals surface area contributed by atoms with Crippen LogP contribution in [0.15, 0.2) is 54.7 Å². The molecule has 2 aromatic carbocycles. The van der Waals surface area contributed by atoms with Gasteiger partial charge in [0, 0.05) is 37.2 Å². The standard InChI is InChI=1S/C17H17FN2.ClH/c1-20-12-14(16-4-2-3-5-17(16)20)11-19-10-13-6-8-15(18)9-7-13;/h2-9,12,19H,10-11H2,1H3;1H. The van der Waals surface area contributed by atoms with Gasteiger partial charge in [0.2, 0.25) is 0 Å². The molecule has 0 bridgehead atoms. The summed E-state index contributed by atoms with van der Waals surface area (Å²) in [4.78, 5) is 0. The fraction of sp³-hybridized carbons (Fsp3) is 0.176. The lowest BCUT2D eigenvalue weighted by molar-refractivity contribution is 0.625. The summed E-state index contributed by atoms with van der Waals surface area (Å²) in [5, 5.41) is 4.69. The highest BCUT2D eigenvalue weighted by atomic mass is 35.5. The Morgan fingerprint density at radius 1 is 1.00 bits per heavy atom. The molecule has 0 aliphatic heterocycles. The number of aromatic nitrogens is 1. The Kier molecular flexibility index (Phi) is 4.99. The van der Waals surface area contributed by atoms with E-state index in [9.17, 15) is 4.39 Å². The van der Waals surface area contributed by atoms with Crippen molar-refractivity contribution in [3.8, 4) is 0 Å². The molecule has 0 fully saturated rings. The first-order valence-electron chi connectivity index (χ1n) is 6.72. The number of rotatable bonds is 4. The maximum Gasteiger partial charge on any atom is 0.123 e. The molecule has 2 nitrogen and oxygen atoms in total. The number of nitrogens with one attached hydrogen (secondary N) is 1. The van der Waals surface area contributed by atoms with Gasteiger partial charge in [-0.05, 0) is 29.3 Å². The van der Waals surface area contributed by atoms with Crippen molar-refractivity contribution in [3.05, 3.63) is 71.7 Å². The smallest absolute Gasteiger partial charge is 0.123 e. The number of nitrogens with zero attached hydrogens (tertiary/aromatic N) is 1. The lowest BCUT2D eigenvalue weighted by atomic mass is 10.1. The van der Waals surface area contributed by atoms with Crippen molar-refractivity contribution >= 4 is 23.3 Å². The molecule has 0 saturated carbocycles. The van der Waals surface area contributed by atoms with E-state index in [-0.39, 0.29) is 18.2 Å². The minimum Gasteiger partial charge on any atom is -0.350 e. The Morgan fingerprint density at radius 3 is 2.48 bits per heavy atom. The predicted octanol–water partition coefficient (Wildman–Crippen LogP) is 4.03. The number of hydrogen-bond acceptors (Lipinski definition) is 1. The average Bonchev–Trinajstić information content (AvgIpc) is 2.79. The first-order chi connectivity index (χ1) is 9.74. The molecule has 0 radical (unpaired) electrons. The summed E-state index contributed by atoms with van der Waals surface area (Å²) >= 11 is 0. The van der Waals surface area contributed by atoms with Crippen molar-refractivity contribution in [2.45, 2.75) is 13.1 Å². The van der Waals surface area contributed by atoms with Crippen LogP contribution in [-0.4, -0.2) is 4.57 Å². The van der Waals surface area contributed by atoms with Crippen LogP contribution in [0.3, 0.4) is 0 Å². The molecule has 0 saturated heterocycles. The van der Waals surface area contributed by atoms with Gasteiger partial charge in [-0.3, -0.25) is 0 Å². The highest BCUT2D eigenvalue weighted by molar-refractivity contribution is 5.85. The summed E-state index contributed by atoms with van der Waals surface area (Å²) in [5.41, 5.74) is 3.61. The molecule has 0 aliphatic carbocycles. The molecule has 0 unspecified atom stereocenters. The molecule has 0 amide bonds. The quantitative estimate of drug-likeness (QED) is 0.770. The molecule has 1 N–H and O–H groups in total. The van der Waals surface area contributed by atoms with Gasteiger partial charge in [-0.25, -0.2) is 4.39 Å². The van der Waals surface area contributed by atoms with Crippen molar-refractivity contribution < 1.29 is 4.39 Å². The zero-order valence-corrected chi connectivity index (χ0v) is 12.7. The van der Waals surface area contributed by atoms with Crippen molar-refractivity contribution in [2.24, 2.45) is 7.05 Å². The van der Waals surface area contributed by atoms with Crippen molar-refractivity contribution in [1.82, 2.24) is 9.88 Å². The summed E-state index contributed by atoms with van der Waals surface area (Å²) in [6, 6.07) is 15.0. The summed E-state index contributed by atoms with van der Waals surface area (Å²) in [7, 11) is 2.06. The third-order valence-corrected chi connectivity index (χ3v) is 3.54. The van der Waals surface area contributed by atoms with E-state index in [0.29, 0.717) is 0 Å². The zero-order chi connectivity index (χ0) is 13.9. The minimum atomic E-state index is -0.192. The second kappa shape index (κ2) is 6.74. The number of benzene rings is 2. The Hall–Kier alpha value is -1.84. The Bertz CT molecular complexity index is 719. The van der Waals surface area contributed by atoms with E-state index in [0.717, 1.165) is 18.7 Å². The molecule has 3 aromatic rings. The molecule has 1 heterocycles. The third kappa shape index (κ3) is 3.43. The van der Waals surface area contributed by atoms with Crippen LogP contribution in [0.1, 0.15) is 11.1 Å². The van der Waals surface area contributed by atoms with Crippen molar-refractivity contribution in [1.29, 1.82) is 0 Å². The molecular weight excluding hydrogens is 287 g/mol. The highest BCUT2D eigenvalue weighted by Crippen LogP contribution is 2.20. The molecule has 1 aromatic heterocycles. The van der Waals surface area contributed by atoms with Gasteiger partial charge in [0.1, 0.15) is 5.82 Å². The second-order valence-corrected chi connectivity index (χ2v) is 5.01. The topological polar surface area (TPSA) is 17.0 Å². The Balaban J connectivity index is 0.00000161. The molecule has 0 atom stereocenters. The molecule has 110 valence electrons. The first kappa shape index (κ1) is 15.5. The first-order valence-corrected chi connectivity index (χ1v) is 6.72. The van der Waals surface area contributed by atoms with E-state index >= 15 is 0 Å². The fourth-order valence-electron chi connectivity index (χ4n) is 2.51. The van der Waals surface area contributed by atoms with Crippen LogP contribution in [0.4, 0.5) is 4.39 Å². The SMILES string of the molecule is Cl.Cn1cc(CNCc2ccc(F)cc2)c2ccccc21. The van der Waals surface area contributed by atoms with E-state index in [2.05, 4.69) is 47.4 Å². The molecule has 0 aliphatic rings. The number of hydrogen-bond donors (Lipinski definition) is 1. The van der Waals surface area contributed by atoms with Crippen LogP contribution < -0.4 is 5.32 Å². The summed E-state index contributed by atoms with van der Waals surface area (Å²) in [5.74, 6) is -0.192. The van der Waals surface area contributed by atoms with E-state index in [4.69, 9.17) is 0 Å². The largest absolute Gasteiger partial charge is 0.350 e. The highest BCUT2D eigenvalue weighted by Gasteiger charge is 2.05. The average molecular weight is 305 g/mol. The van der Waals surface area contributed by atoms with Gasteiger partial charge < -0.3 is 9.88 Å². The van der Waals surface area contributed by atoms with Gasteiger partial charge in [0.25, 0.3) is 0 Å². The Morgan fingerprint density at radius 2 is 1.71 bits per heavy atom. The monoisotopic (exact) mass is 304 g/mol.